The molecule has 1 aromatic heterocycles. The van der Waals surface area contributed by atoms with E-state index in [0.717, 1.165) is 10.7 Å². The van der Waals surface area contributed by atoms with Crippen LogP contribution in [0, 0.1) is 6.92 Å². The lowest BCUT2D eigenvalue weighted by molar-refractivity contribution is -0.141. The molecule has 0 saturated carbocycles. The van der Waals surface area contributed by atoms with Gasteiger partial charge >= 0.3 is 6.18 Å². The van der Waals surface area contributed by atoms with Crippen LogP contribution in [0.25, 0.3) is 5.69 Å². The summed E-state index contributed by atoms with van der Waals surface area (Å²) in [4.78, 5) is 0. The second-order valence-electron chi connectivity index (χ2n) is 3.90. The van der Waals surface area contributed by atoms with E-state index in [4.69, 9.17) is 13.6 Å². The fourth-order valence-electron chi connectivity index (χ4n) is 1.62. The minimum Gasteiger partial charge on any atom is -0.397 e. The summed E-state index contributed by atoms with van der Waals surface area (Å²) in [6.07, 6.45) is -4.47. The lowest BCUT2D eigenvalue weighted by atomic mass is 9.95. The number of nitrogens with zero attached hydrogens (tertiary/aromatic N) is 2. The SMILES string of the molecule is [B]c1ccc(-n2nc(C(F)(F)F)cc2C)c(N)c1. The van der Waals surface area contributed by atoms with Gasteiger partial charge in [0.2, 0.25) is 0 Å². The Morgan fingerprint density at radius 3 is 2.44 bits per heavy atom. The van der Waals surface area contributed by atoms with E-state index in [1.807, 2.05) is 0 Å². The zero-order valence-electron chi connectivity index (χ0n) is 9.49. The number of nitrogen functional groups attached to an aromatic ring is 1. The third-order valence-corrected chi connectivity index (χ3v) is 2.46. The number of benzene rings is 1. The van der Waals surface area contributed by atoms with Gasteiger partial charge < -0.3 is 5.73 Å². The van der Waals surface area contributed by atoms with E-state index in [2.05, 4.69) is 5.10 Å². The fraction of sp³-hybridized carbons (Fsp3) is 0.182. The monoisotopic (exact) mass is 251 g/mol. The molecule has 0 aliphatic rings. The maximum Gasteiger partial charge on any atom is 0.435 e. The topological polar surface area (TPSA) is 43.8 Å². The van der Waals surface area contributed by atoms with E-state index >= 15 is 0 Å². The first kappa shape index (κ1) is 12.5. The first-order chi connectivity index (χ1) is 8.29. The van der Waals surface area contributed by atoms with Gasteiger partial charge in [0.25, 0.3) is 0 Å². The van der Waals surface area contributed by atoms with Gasteiger partial charge in [0.05, 0.1) is 11.4 Å². The molecule has 92 valence electrons. The average Bonchev–Trinajstić information content (AvgIpc) is 2.60. The lowest BCUT2D eigenvalue weighted by Gasteiger charge is -2.08. The zero-order chi connectivity index (χ0) is 13.5. The highest BCUT2D eigenvalue weighted by Crippen LogP contribution is 2.29. The molecule has 0 saturated heterocycles. The Hall–Kier alpha value is -1.92. The molecule has 0 aliphatic carbocycles. The molecule has 2 radical (unpaired) electrons. The van der Waals surface area contributed by atoms with Gasteiger partial charge in [-0.1, -0.05) is 11.5 Å². The molecule has 1 aromatic carbocycles. The van der Waals surface area contributed by atoms with E-state index in [1.54, 1.807) is 6.07 Å². The number of rotatable bonds is 1. The van der Waals surface area contributed by atoms with Crippen LogP contribution in [0.2, 0.25) is 0 Å². The minimum atomic E-state index is -4.47. The van der Waals surface area contributed by atoms with Crippen molar-refractivity contribution in [3.63, 3.8) is 0 Å². The first-order valence-corrected chi connectivity index (χ1v) is 5.08. The summed E-state index contributed by atoms with van der Waals surface area (Å²) >= 11 is 0. The van der Waals surface area contributed by atoms with E-state index < -0.39 is 11.9 Å². The van der Waals surface area contributed by atoms with Crippen molar-refractivity contribution in [2.24, 2.45) is 0 Å². The molecule has 0 spiro atoms. The molecule has 0 aliphatic heterocycles. The van der Waals surface area contributed by atoms with E-state index in [9.17, 15) is 13.2 Å². The summed E-state index contributed by atoms with van der Waals surface area (Å²) in [6, 6.07) is 5.53. The van der Waals surface area contributed by atoms with Crippen LogP contribution in [-0.2, 0) is 6.18 Å². The summed E-state index contributed by atoms with van der Waals surface area (Å²) in [5, 5.41) is 3.51. The molecule has 0 unspecified atom stereocenters. The van der Waals surface area contributed by atoms with Crippen LogP contribution in [0.5, 0.6) is 0 Å². The predicted molar refractivity (Wildman–Crippen MR) is 63.1 cm³/mol. The highest BCUT2D eigenvalue weighted by Gasteiger charge is 2.34. The van der Waals surface area contributed by atoms with Gasteiger partial charge in [-0.25, -0.2) is 4.68 Å². The van der Waals surface area contributed by atoms with Crippen LogP contribution >= 0.6 is 0 Å². The van der Waals surface area contributed by atoms with Crippen molar-refractivity contribution in [2.45, 2.75) is 13.1 Å². The van der Waals surface area contributed by atoms with E-state index in [1.165, 1.54) is 19.1 Å². The van der Waals surface area contributed by atoms with Gasteiger partial charge in [-0.05, 0) is 25.1 Å². The minimum absolute atomic E-state index is 0.273. The predicted octanol–water partition coefficient (Wildman–Crippen LogP) is 1.58. The van der Waals surface area contributed by atoms with Crippen molar-refractivity contribution >= 4 is 19.0 Å². The van der Waals surface area contributed by atoms with Crippen LogP contribution in [0.15, 0.2) is 24.3 Å². The number of halogens is 3. The summed E-state index contributed by atoms with van der Waals surface area (Å²) in [6.45, 7) is 1.53. The van der Waals surface area contributed by atoms with Gasteiger partial charge in [0, 0.05) is 5.69 Å². The number of nitrogens with two attached hydrogens (primary N) is 1. The Bertz CT molecular complexity index is 590. The number of alkyl halides is 3. The molecule has 2 aromatic rings. The lowest BCUT2D eigenvalue weighted by Crippen LogP contribution is -2.11. The Labute approximate surface area is 103 Å². The van der Waals surface area contributed by atoms with Crippen molar-refractivity contribution < 1.29 is 13.2 Å². The summed E-state index contributed by atoms with van der Waals surface area (Å²) in [5.41, 5.74) is 6.20. The molecule has 2 N–H and O–H groups in total. The maximum absolute atomic E-state index is 12.5. The highest BCUT2D eigenvalue weighted by molar-refractivity contribution is 6.32. The molecule has 0 bridgehead atoms. The Balaban J connectivity index is 2.55. The van der Waals surface area contributed by atoms with Crippen molar-refractivity contribution in [3.8, 4) is 5.69 Å². The molecule has 7 heteroatoms. The number of aromatic nitrogens is 2. The molecule has 1 heterocycles. The summed E-state index contributed by atoms with van der Waals surface area (Å²) in [7, 11) is 5.53. The second-order valence-corrected chi connectivity index (χ2v) is 3.90. The van der Waals surface area contributed by atoms with E-state index in [-0.39, 0.29) is 5.69 Å². The van der Waals surface area contributed by atoms with Gasteiger partial charge in [0.1, 0.15) is 7.85 Å². The maximum atomic E-state index is 12.5. The summed E-state index contributed by atoms with van der Waals surface area (Å²) in [5.74, 6) is 0. The number of aryl methyl sites for hydroxylation is 1. The smallest absolute Gasteiger partial charge is 0.397 e. The van der Waals surface area contributed by atoms with E-state index in [0.29, 0.717) is 16.8 Å². The average molecular weight is 251 g/mol. The van der Waals surface area contributed by atoms with Crippen molar-refractivity contribution in [1.82, 2.24) is 9.78 Å². The van der Waals surface area contributed by atoms with Crippen LogP contribution in [0.4, 0.5) is 18.9 Å². The van der Waals surface area contributed by atoms with Crippen LogP contribution < -0.4 is 11.2 Å². The first-order valence-electron chi connectivity index (χ1n) is 5.08. The van der Waals surface area contributed by atoms with Crippen molar-refractivity contribution in [2.75, 3.05) is 5.73 Å². The third-order valence-electron chi connectivity index (χ3n) is 2.46. The summed E-state index contributed by atoms with van der Waals surface area (Å²) < 4.78 is 38.8. The third kappa shape index (κ3) is 2.20. The molecule has 2 rings (SSSR count). The fourth-order valence-corrected chi connectivity index (χ4v) is 1.62. The Morgan fingerprint density at radius 1 is 1.28 bits per heavy atom. The molecular weight excluding hydrogens is 242 g/mol. The molecular formula is C11H9BF3N3. The Morgan fingerprint density at radius 2 is 1.94 bits per heavy atom. The van der Waals surface area contributed by atoms with Crippen molar-refractivity contribution in [3.05, 3.63) is 35.7 Å². The number of anilines is 1. The molecule has 3 nitrogen and oxygen atoms in total. The number of hydrogen-bond acceptors (Lipinski definition) is 2. The molecule has 18 heavy (non-hydrogen) atoms. The highest BCUT2D eigenvalue weighted by atomic mass is 19.4. The zero-order valence-corrected chi connectivity index (χ0v) is 9.49. The molecule has 0 amide bonds. The largest absolute Gasteiger partial charge is 0.435 e. The van der Waals surface area contributed by atoms with Crippen LogP contribution in [0.1, 0.15) is 11.4 Å². The van der Waals surface area contributed by atoms with Crippen LogP contribution in [0.3, 0.4) is 0 Å². The number of hydrogen-bond donors (Lipinski definition) is 1. The van der Waals surface area contributed by atoms with Crippen LogP contribution in [-0.4, -0.2) is 17.6 Å². The van der Waals surface area contributed by atoms with Gasteiger partial charge in [-0.3, -0.25) is 0 Å². The molecule has 0 atom stereocenters. The molecule has 0 fully saturated rings. The van der Waals surface area contributed by atoms with Crippen molar-refractivity contribution in [1.29, 1.82) is 0 Å². The van der Waals surface area contributed by atoms with Gasteiger partial charge in [-0.2, -0.15) is 18.3 Å². The van der Waals surface area contributed by atoms with Gasteiger partial charge in [-0.15, -0.1) is 0 Å². The van der Waals surface area contributed by atoms with Gasteiger partial charge in [0.15, 0.2) is 5.69 Å². The second kappa shape index (κ2) is 4.08. The normalized spacial score (nSPS) is 11.8. The standard InChI is InChI=1S/C11H9BF3N3/c1-6-4-10(11(13,14)15)17-18(6)9-3-2-7(12)5-8(9)16/h2-5H,16H2,1H3. The quantitative estimate of drug-likeness (QED) is 0.617. The Kier molecular flexibility index (Phi) is 2.84.